The highest BCUT2D eigenvalue weighted by Crippen LogP contribution is 2.51. The van der Waals surface area contributed by atoms with Gasteiger partial charge < -0.3 is 19.3 Å². The number of hydrogen-bond acceptors (Lipinski definition) is 5. The lowest BCUT2D eigenvalue weighted by atomic mass is 10.1. The summed E-state index contributed by atoms with van der Waals surface area (Å²) < 4.78 is 16.9. The van der Waals surface area contributed by atoms with Crippen LogP contribution in [0, 0.1) is 0 Å². The first-order chi connectivity index (χ1) is 11.2. The monoisotopic (exact) mass is 352 g/mol. The molecule has 6 heteroatoms. The molecule has 0 radical (unpaired) electrons. The van der Waals surface area contributed by atoms with Crippen LogP contribution in [0.1, 0.15) is 34.6 Å². The molecule has 24 heavy (non-hydrogen) atoms. The molecule has 0 saturated heterocycles. The highest BCUT2D eigenvalue weighted by atomic mass is 35.5. The summed E-state index contributed by atoms with van der Waals surface area (Å²) in [4.78, 5) is 11.6. The molecule has 2 aromatic rings. The Morgan fingerprint density at radius 1 is 1.00 bits per heavy atom. The number of ether oxygens (including phenoxy) is 3. The average molecular weight is 353 g/mol. The maximum atomic E-state index is 11.6. The third-order valence-corrected chi connectivity index (χ3v) is 3.30. The van der Waals surface area contributed by atoms with Crippen molar-refractivity contribution in [3.05, 3.63) is 23.2 Å². The van der Waals surface area contributed by atoms with Gasteiger partial charge in [-0.2, -0.15) is 0 Å². The molecule has 0 fully saturated rings. The van der Waals surface area contributed by atoms with E-state index in [2.05, 4.69) is 0 Å². The van der Waals surface area contributed by atoms with Crippen molar-refractivity contribution in [2.24, 2.45) is 0 Å². The first kappa shape index (κ1) is 18.2. The zero-order valence-electron chi connectivity index (χ0n) is 14.3. The topological polar surface area (TPSA) is 65.0 Å². The fourth-order valence-corrected chi connectivity index (χ4v) is 2.47. The average Bonchev–Trinajstić information content (AvgIpc) is 2.46. The van der Waals surface area contributed by atoms with Crippen LogP contribution in [-0.4, -0.2) is 23.3 Å². The van der Waals surface area contributed by atoms with E-state index >= 15 is 0 Å². The number of aromatic hydroxyl groups is 1. The van der Waals surface area contributed by atoms with Crippen LogP contribution in [-0.2, 0) is 4.79 Å². The Morgan fingerprint density at radius 2 is 1.58 bits per heavy atom. The van der Waals surface area contributed by atoms with Crippen LogP contribution in [0.25, 0.3) is 10.8 Å². The van der Waals surface area contributed by atoms with E-state index in [0.29, 0.717) is 15.8 Å². The molecule has 5 nitrogen and oxygen atoms in total. The standard InChI is InChI=1S/C18H21ClO5/c1-9(2)22-17-15(21)13-7-6-12(19)8-14(13)16(24-11(5)20)18(17)23-10(3)4/h6-10,21H,1-5H3. The Morgan fingerprint density at radius 3 is 2.12 bits per heavy atom. The van der Waals surface area contributed by atoms with Gasteiger partial charge in [-0.15, -0.1) is 0 Å². The molecule has 0 heterocycles. The van der Waals surface area contributed by atoms with Crippen molar-refractivity contribution in [2.45, 2.75) is 46.8 Å². The Hall–Kier alpha value is -2.14. The summed E-state index contributed by atoms with van der Waals surface area (Å²) in [5.41, 5.74) is 0. The maximum absolute atomic E-state index is 11.6. The highest BCUT2D eigenvalue weighted by molar-refractivity contribution is 6.31. The van der Waals surface area contributed by atoms with Gasteiger partial charge in [0.1, 0.15) is 0 Å². The number of halogens is 1. The van der Waals surface area contributed by atoms with E-state index in [1.54, 1.807) is 18.2 Å². The molecule has 1 N–H and O–H groups in total. The van der Waals surface area contributed by atoms with Crippen molar-refractivity contribution >= 4 is 28.3 Å². The van der Waals surface area contributed by atoms with Crippen molar-refractivity contribution in [3.8, 4) is 23.0 Å². The smallest absolute Gasteiger partial charge is 0.308 e. The molecule has 0 atom stereocenters. The molecule has 2 rings (SSSR count). The molecule has 0 aromatic heterocycles. The van der Waals surface area contributed by atoms with E-state index in [9.17, 15) is 9.90 Å². The second kappa shape index (κ2) is 7.18. The molecule has 0 aliphatic rings. The van der Waals surface area contributed by atoms with E-state index < -0.39 is 5.97 Å². The zero-order valence-corrected chi connectivity index (χ0v) is 15.1. The Bertz CT molecular complexity index is 768. The van der Waals surface area contributed by atoms with Gasteiger partial charge in [0.05, 0.1) is 12.2 Å². The number of phenolic OH excluding ortho intramolecular Hbond substituents is 1. The highest BCUT2D eigenvalue weighted by Gasteiger charge is 2.26. The molecule has 0 bridgehead atoms. The number of rotatable bonds is 5. The summed E-state index contributed by atoms with van der Waals surface area (Å²) >= 11 is 6.07. The van der Waals surface area contributed by atoms with Crippen LogP contribution in [0.2, 0.25) is 5.02 Å². The fourth-order valence-electron chi connectivity index (χ4n) is 2.30. The Balaban J connectivity index is 2.87. The summed E-state index contributed by atoms with van der Waals surface area (Å²) in [5.74, 6) is -0.0823. The van der Waals surface area contributed by atoms with Gasteiger partial charge in [0.25, 0.3) is 0 Å². The van der Waals surface area contributed by atoms with Crippen LogP contribution < -0.4 is 14.2 Å². The first-order valence-corrected chi connectivity index (χ1v) is 8.08. The summed E-state index contributed by atoms with van der Waals surface area (Å²) in [6.07, 6.45) is -0.426. The van der Waals surface area contributed by atoms with Crippen molar-refractivity contribution in [2.75, 3.05) is 0 Å². The van der Waals surface area contributed by atoms with E-state index in [1.165, 1.54) is 6.92 Å². The Kier molecular flexibility index (Phi) is 5.44. The van der Waals surface area contributed by atoms with Gasteiger partial charge >= 0.3 is 5.97 Å². The zero-order chi connectivity index (χ0) is 18.0. The van der Waals surface area contributed by atoms with Crippen molar-refractivity contribution in [1.82, 2.24) is 0 Å². The molecule has 0 spiro atoms. The SMILES string of the molecule is CC(=O)Oc1c(OC(C)C)c(OC(C)C)c(O)c2ccc(Cl)cc12. The number of carbonyl (C=O) groups excluding carboxylic acids is 1. The van der Waals surface area contributed by atoms with Gasteiger partial charge in [0.15, 0.2) is 11.5 Å². The molecular weight excluding hydrogens is 332 g/mol. The third-order valence-electron chi connectivity index (χ3n) is 3.06. The number of esters is 1. The van der Waals surface area contributed by atoms with Crippen LogP contribution in [0.4, 0.5) is 0 Å². The lowest BCUT2D eigenvalue weighted by molar-refractivity contribution is -0.131. The van der Waals surface area contributed by atoms with Gasteiger partial charge in [-0.25, -0.2) is 0 Å². The molecule has 2 aromatic carbocycles. The first-order valence-electron chi connectivity index (χ1n) is 7.70. The number of hydrogen-bond donors (Lipinski definition) is 1. The minimum atomic E-state index is -0.508. The number of phenols is 1. The van der Waals surface area contributed by atoms with E-state index in [-0.39, 0.29) is 35.2 Å². The predicted molar refractivity (Wildman–Crippen MR) is 93.5 cm³/mol. The lowest BCUT2D eigenvalue weighted by Crippen LogP contribution is -2.13. The van der Waals surface area contributed by atoms with Crippen LogP contribution in [0.15, 0.2) is 18.2 Å². The van der Waals surface area contributed by atoms with Crippen molar-refractivity contribution < 1.29 is 24.1 Å². The summed E-state index contributed by atoms with van der Waals surface area (Å²) in [6, 6.07) is 4.90. The van der Waals surface area contributed by atoms with Crippen LogP contribution in [0.5, 0.6) is 23.0 Å². The minimum Gasteiger partial charge on any atom is -0.504 e. The Labute approximate surface area is 146 Å². The normalized spacial score (nSPS) is 11.2. The number of benzene rings is 2. The van der Waals surface area contributed by atoms with Crippen LogP contribution in [0.3, 0.4) is 0 Å². The second-order valence-corrected chi connectivity index (χ2v) is 6.39. The lowest BCUT2D eigenvalue weighted by Gasteiger charge is -2.22. The summed E-state index contributed by atoms with van der Waals surface area (Å²) in [5, 5.41) is 12.0. The number of fused-ring (bicyclic) bond motifs is 1. The van der Waals surface area contributed by atoms with E-state index in [4.69, 9.17) is 25.8 Å². The predicted octanol–water partition coefficient (Wildman–Crippen LogP) is 4.70. The largest absolute Gasteiger partial charge is 0.504 e. The van der Waals surface area contributed by atoms with E-state index in [1.807, 2.05) is 27.7 Å². The van der Waals surface area contributed by atoms with Crippen molar-refractivity contribution in [3.63, 3.8) is 0 Å². The second-order valence-electron chi connectivity index (χ2n) is 5.95. The molecule has 0 aliphatic carbocycles. The number of carbonyl (C=O) groups is 1. The minimum absolute atomic E-state index is 0.0816. The molecule has 0 amide bonds. The maximum Gasteiger partial charge on any atom is 0.308 e. The quantitative estimate of drug-likeness (QED) is 0.624. The van der Waals surface area contributed by atoms with Crippen LogP contribution >= 0.6 is 11.6 Å². The van der Waals surface area contributed by atoms with Crippen molar-refractivity contribution in [1.29, 1.82) is 0 Å². The van der Waals surface area contributed by atoms with Gasteiger partial charge in [0.2, 0.25) is 11.5 Å². The molecular formula is C18H21ClO5. The van der Waals surface area contributed by atoms with E-state index in [0.717, 1.165) is 0 Å². The summed E-state index contributed by atoms with van der Waals surface area (Å²) in [6.45, 7) is 8.61. The van der Waals surface area contributed by atoms with Gasteiger partial charge in [-0.3, -0.25) is 4.79 Å². The third kappa shape index (κ3) is 3.85. The molecule has 0 saturated carbocycles. The van der Waals surface area contributed by atoms with Gasteiger partial charge in [-0.05, 0) is 45.9 Å². The molecule has 0 aliphatic heterocycles. The van der Waals surface area contributed by atoms with Gasteiger partial charge in [0, 0.05) is 22.7 Å². The summed E-state index contributed by atoms with van der Waals surface area (Å²) in [7, 11) is 0. The molecule has 130 valence electrons. The molecule has 0 unspecified atom stereocenters. The van der Waals surface area contributed by atoms with Gasteiger partial charge in [-0.1, -0.05) is 11.6 Å². The fraction of sp³-hybridized carbons (Fsp3) is 0.389.